The highest BCUT2D eigenvalue weighted by atomic mass is 19.1. The Labute approximate surface area is 273 Å². The average molecular weight is 629 g/mol. The average Bonchev–Trinajstić information content (AvgIpc) is 3.07. The van der Waals surface area contributed by atoms with E-state index in [0.717, 1.165) is 22.8 Å². The molecule has 4 rings (SSSR count). The highest BCUT2D eigenvalue weighted by molar-refractivity contribution is 5.89. The van der Waals surface area contributed by atoms with Gasteiger partial charge in [-0.05, 0) is 91.9 Å². The van der Waals surface area contributed by atoms with Crippen molar-refractivity contribution in [3.63, 3.8) is 0 Å². The first kappa shape index (κ1) is 33.9. The van der Waals surface area contributed by atoms with E-state index in [4.69, 9.17) is 14.2 Å². The van der Waals surface area contributed by atoms with Crippen molar-refractivity contribution >= 4 is 17.9 Å². The number of ether oxygens (including phenoxy) is 3. The molecule has 0 amide bonds. The van der Waals surface area contributed by atoms with E-state index < -0.39 is 24.6 Å². The highest BCUT2D eigenvalue weighted by Gasteiger charge is 2.18. The maximum Gasteiger partial charge on any atom is 0.338 e. The Morgan fingerprint density at radius 3 is 1.72 bits per heavy atom. The molecule has 0 heterocycles. The summed E-state index contributed by atoms with van der Waals surface area (Å²) in [5.74, 6) is 5.62. The van der Waals surface area contributed by atoms with Gasteiger partial charge in [-0.2, -0.15) is 0 Å². The minimum absolute atomic E-state index is 0.205. The molecule has 4 aromatic rings. The summed E-state index contributed by atoms with van der Waals surface area (Å²) in [5.41, 5.74) is 5.66. The standard InChI is InChI=1S/C40H33FO6/c1-6-37(42)47-38-35(8-7-25-41)31(12-9-28-10-20-33(21-11-28)45-39(43)26(2)3)19-24-36(38)32-15-13-29(14-16-32)30-17-22-34(23-18-30)46-40(44)27(4)5/h6,10-11,13-24H,1-2,4,7-8,25H2,3,5H3. The van der Waals surface area contributed by atoms with Gasteiger partial charge < -0.3 is 14.2 Å². The number of benzene rings is 4. The maximum absolute atomic E-state index is 13.4. The third-order valence-electron chi connectivity index (χ3n) is 6.89. The first-order valence-corrected chi connectivity index (χ1v) is 14.7. The van der Waals surface area contributed by atoms with Crippen LogP contribution in [0.15, 0.2) is 122 Å². The number of carbonyl (C=O) groups excluding carboxylic acids is 3. The number of hydrogen-bond donors (Lipinski definition) is 0. The van der Waals surface area contributed by atoms with E-state index in [1.807, 2.05) is 48.5 Å². The van der Waals surface area contributed by atoms with Crippen molar-refractivity contribution in [3.8, 4) is 51.3 Å². The zero-order valence-electron chi connectivity index (χ0n) is 26.2. The van der Waals surface area contributed by atoms with Gasteiger partial charge in [-0.25, -0.2) is 14.4 Å². The van der Waals surface area contributed by atoms with Gasteiger partial charge in [0.2, 0.25) is 0 Å². The molecule has 47 heavy (non-hydrogen) atoms. The number of hydrogen-bond acceptors (Lipinski definition) is 6. The molecular formula is C40H33FO6. The predicted octanol–water partition coefficient (Wildman–Crippen LogP) is 8.38. The molecule has 0 radical (unpaired) electrons. The Morgan fingerprint density at radius 1 is 0.702 bits per heavy atom. The predicted molar refractivity (Wildman–Crippen MR) is 181 cm³/mol. The van der Waals surface area contributed by atoms with Crippen molar-refractivity contribution in [3.05, 3.63) is 139 Å². The van der Waals surface area contributed by atoms with Crippen LogP contribution >= 0.6 is 0 Å². The molecule has 0 aromatic heterocycles. The molecule has 0 bridgehead atoms. The Bertz CT molecular complexity index is 1890. The molecule has 0 aliphatic heterocycles. The van der Waals surface area contributed by atoms with Crippen LogP contribution in [0.25, 0.3) is 22.3 Å². The number of halogens is 1. The van der Waals surface area contributed by atoms with Crippen LogP contribution in [0.3, 0.4) is 0 Å². The molecule has 0 aliphatic carbocycles. The molecular weight excluding hydrogens is 595 g/mol. The van der Waals surface area contributed by atoms with Crippen molar-refractivity contribution in [1.29, 1.82) is 0 Å². The fraction of sp³-hybridized carbons (Fsp3) is 0.125. The van der Waals surface area contributed by atoms with Crippen molar-refractivity contribution in [2.24, 2.45) is 0 Å². The van der Waals surface area contributed by atoms with Gasteiger partial charge in [0.25, 0.3) is 0 Å². The summed E-state index contributed by atoms with van der Waals surface area (Å²) in [5, 5.41) is 0. The van der Waals surface area contributed by atoms with Gasteiger partial charge in [-0.1, -0.05) is 68.0 Å². The van der Waals surface area contributed by atoms with Crippen LogP contribution in [0.1, 0.15) is 37.0 Å². The molecule has 0 saturated carbocycles. The second kappa shape index (κ2) is 15.8. The molecule has 0 aliphatic rings. The molecule has 0 atom stereocenters. The molecule has 0 unspecified atom stereocenters. The molecule has 0 spiro atoms. The summed E-state index contributed by atoms with van der Waals surface area (Å²) >= 11 is 0. The van der Waals surface area contributed by atoms with Crippen molar-refractivity contribution in [1.82, 2.24) is 0 Å². The van der Waals surface area contributed by atoms with E-state index >= 15 is 0 Å². The largest absolute Gasteiger partial charge is 0.423 e. The Kier molecular flexibility index (Phi) is 11.4. The fourth-order valence-electron chi connectivity index (χ4n) is 4.41. The van der Waals surface area contributed by atoms with E-state index in [2.05, 4.69) is 31.6 Å². The minimum atomic E-state index is -0.651. The highest BCUT2D eigenvalue weighted by Crippen LogP contribution is 2.37. The fourth-order valence-corrected chi connectivity index (χ4v) is 4.41. The van der Waals surface area contributed by atoms with E-state index in [1.165, 1.54) is 0 Å². The van der Waals surface area contributed by atoms with Gasteiger partial charge in [-0.15, -0.1) is 0 Å². The zero-order valence-corrected chi connectivity index (χ0v) is 26.2. The van der Waals surface area contributed by atoms with Gasteiger partial charge in [0.15, 0.2) is 0 Å². The molecule has 0 saturated heterocycles. The van der Waals surface area contributed by atoms with Crippen molar-refractivity contribution < 1.29 is 33.0 Å². The third kappa shape index (κ3) is 9.03. The molecule has 236 valence electrons. The molecule has 4 aromatic carbocycles. The Balaban J connectivity index is 1.67. The lowest BCUT2D eigenvalue weighted by Gasteiger charge is -2.16. The van der Waals surface area contributed by atoms with Gasteiger partial charge in [-0.3, -0.25) is 4.39 Å². The SMILES string of the molecule is C=CC(=O)Oc1c(-c2ccc(-c3ccc(OC(=O)C(=C)C)cc3)cc2)ccc(C#Cc2ccc(OC(=O)C(=C)C)cc2)c1CCCF. The first-order chi connectivity index (χ1) is 22.6. The van der Waals surface area contributed by atoms with E-state index in [0.29, 0.717) is 39.3 Å². The lowest BCUT2D eigenvalue weighted by molar-refractivity contribution is -0.130. The lowest BCUT2D eigenvalue weighted by atomic mass is 9.93. The minimum Gasteiger partial charge on any atom is -0.423 e. The van der Waals surface area contributed by atoms with Gasteiger partial charge in [0.05, 0.1) is 6.67 Å². The number of esters is 3. The number of rotatable bonds is 11. The molecule has 0 N–H and O–H groups in total. The maximum atomic E-state index is 13.4. The summed E-state index contributed by atoms with van der Waals surface area (Å²) in [6.45, 7) is 13.3. The second-order valence-electron chi connectivity index (χ2n) is 10.6. The lowest BCUT2D eigenvalue weighted by Crippen LogP contribution is -2.08. The zero-order chi connectivity index (χ0) is 33.9. The van der Waals surface area contributed by atoms with Crippen LogP contribution in [-0.2, 0) is 20.8 Å². The molecule has 6 nitrogen and oxygen atoms in total. The van der Waals surface area contributed by atoms with Gasteiger partial charge in [0.1, 0.15) is 17.2 Å². The Hall–Kier alpha value is -6.00. The van der Waals surface area contributed by atoms with E-state index in [-0.39, 0.29) is 24.2 Å². The van der Waals surface area contributed by atoms with Crippen LogP contribution < -0.4 is 14.2 Å². The number of carbonyl (C=O) groups is 3. The van der Waals surface area contributed by atoms with Crippen molar-refractivity contribution in [2.45, 2.75) is 26.7 Å². The summed E-state index contributed by atoms with van der Waals surface area (Å²) in [7, 11) is 0. The normalized spacial score (nSPS) is 10.2. The summed E-state index contributed by atoms with van der Waals surface area (Å²) in [6.07, 6.45) is 1.56. The number of alkyl halides is 1. The first-order valence-electron chi connectivity index (χ1n) is 14.7. The van der Waals surface area contributed by atoms with Crippen LogP contribution in [0.5, 0.6) is 17.2 Å². The smallest absolute Gasteiger partial charge is 0.338 e. The topological polar surface area (TPSA) is 78.9 Å². The second-order valence-corrected chi connectivity index (χ2v) is 10.6. The molecule has 0 fully saturated rings. The summed E-state index contributed by atoms with van der Waals surface area (Å²) in [4.78, 5) is 36.1. The van der Waals surface area contributed by atoms with E-state index in [9.17, 15) is 18.8 Å². The summed E-state index contributed by atoms with van der Waals surface area (Å²) in [6, 6.07) is 25.1. The molecule has 7 heteroatoms. The monoisotopic (exact) mass is 628 g/mol. The van der Waals surface area contributed by atoms with Crippen LogP contribution in [0.4, 0.5) is 4.39 Å². The quantitative estimate of drug-likeness (QED) is 0.0719. The van der Waals surface area contributed by atoms with Crippen LogP contribution in [0, 0.1) is 11.8 Å². The van der Waals surface area contributed by atoms with Crippen molar-refractivity contribution in [2.75, 3.05) is 6.67 Å². The van der Waals surface area contributed by atoms with Crippen LogP contribution in [-0.4, -0.2) is 24.6 Å². The van der Waals surface area contributed by atoms with Gasteiger partial charge in [0, 0.05) is 39.5 Å². The summed E-state index contributed by atoms with van der Waals surface area (Å²) < 4.78 is 29.7. The van der Waals surface area contributed by atoms with E-state index in [1.54, 1.807) is 50.2 Å². The van der Waals surface area contributed by atoms with Crippen LogP contribution in [0.2, 0.25) is 0 Å². The Morgan fingerprint density at radius 2 is 1.21 bits per heavy atom. The van der Waals surface area contributed by atoms with Gasteiger partial charge >= 0.3 is 17.9 Å². The third-order valence-corrected chi connectivity index (χ3v) is 6.89.